The zero-order valence-corrected chi connectivity index (χ0v) is 13.2. The van der Waals surface area contributed by atoms with Crippen LogP contribution in [0.2, 0.25) is 0 Å². The van der Waals surface area contributed by atoms with Gasteiger partial charge in [0.25, 0.3) is 0 Å². The Morgan fingerprint density at radius 2 is 1.48 bits per heavy atom. The van der Waals surface area contributed by atoms with Crippen molar-refractivity contribution in [3.63, 3.8) is 0 Å². The molecule has 0 saturated carbocycles. The van der Waals surface area contributed by atoms with Crippen LogP contribution < -0.4 is 0 Å². The van der Waals surface area contributed by atoms with E-state index in [2.05, 4.69) is 43.0 Å². The molecule has 0 heterocycles. The van der Waals surface area contributed by atoms with Gasteiger partial charge < -0.3 is 0 Å². The minimum Gasteiger partial charge on any atom is -0.300 e. The Bertz CT molecular complexity index is 657. The molecule has 0 atom stereocenters. The van der Waals surface area contributed by atoms with Crippen LogP contribution in [0.4, 0.5) is 0 Å². The molecule has 0 unspecified atom stereocenters. The lowest BCUT2D eigenvalue weighted by Crippen LogP contribution is -1.91. The molecule has 2 aromatic carbocycles. The van der Waals surface area contributed by atoms with E-state index < -0.39 is 0 Å². The molecule has 0 aliphatic rings. The Hall–Kier alpha value is -1.98. The summed E-state index contributed by atoms with van der Waals surface area (Å²) in [6.45, 7) is 3.70. The van der Waals surface area contributed by atoms with Crippen molar-refractivity contribution in [2.75, 3.05) is 5.75 Å². The van der Waals surface area contributed by atoms with Crippen molar-refractivity contribution in [2.24, 2.45) is 0 Å². The maximum Gasteiger partial charge on any atom is 0.130 e. The molecule has 2 heteroatoms. The van der Waals surface area contributed by atoms with Crippen molar-refractivity contribution in [1.29, 1.82) is 0 Å². The van der Waals surface area contributed by atoms with Gasteiger partial charge in [-0.25, -0.2) is 0 Å². The monoisotopic (exact) mass is 294 g/mol. The molecule has 2 rings (SSSR count). The van der Waals surface area contributed by atoms with E-state index in [0.29, 0.717) is 6.42 Å². The van der Waals surface area contributed by atoms with E-state index in [1.807, 2.05) is 24.3 Å². The second-order valence-corrected chi connectivity index (χ2v) is 6.11. The smallest absolute Gasteiger partial charge is 0.130 e. The van der Waals surface area contributed by atoms with Crippen LogP contribution in [-0.4, -0.2) is 11.5 Å². The highest BCUT2D eigenvalue weighted by Gasteiger charge is 1.97. The maximum atomic E-state index is 10.9. The molecule has 0 aromatic heterocycles. The molecule has 0 saturated heterocycles. The summed E-state index contributed by atoms with van der Waals surface area (Å²) in [6, 6.07) is 16.4. The average molecular weight is 294 g/mol. The summed E-state index contributed by atoms with van der Waals surface area (Å²) in [6.07, 6.45) is 0.625. The number of carbonyl (C=O) groups is 1. The van der Waals surface area contributed by atoms with Gasteiger partial charge in [0, 0.05) is 28.2 Å². The van der Waals surface area contributed by atoms with Crippen molar-refractivity contribution >= 4 is 17.5 Å². The molecule has 0 aliphatic carbocycles. The molecular weight excluding hydrogens is 276 g/mol. The van der Waals surface area contributed by atoms with Gasteiger partial charge in [-0.2, -0.15) is 0 Å². The molecule has 0 spiro atoms. The zero-order valence-electron chi connectivity index (χ0n) is 12.3. The average Bonchev–Trinajstić information content (AvgIpc) is 2.48. The minimum absolute atomic E-state index is 0.239. The van der Waals surface area contributed by atoms with E-state index >= 15 is 0 Å². The molecule has 21 heavy (non-hydrogen) atoms. The van der Waals surface area contributed by atoms with Crippen molar-refractivity contribution in [3.8, 4) is 11.8 Å². The largest absolute Gasteiger partial charge is 0.300 e. The van der Waals surface area contributed by atoms with Gasteiger partial charge in [-0.3, -0.25) is 4.79 Å². The third-order valence-electron chi connectivity index (χ3n) is 2.98. The summed E-state index contributed by atoms with van der Waals surface area (Å²) in [4.78, 5) is 12.1. The summed E-state index contributed by atoms with van der Waals surface area (Å²) in [5, 5.41) is 0. The van der Waals surface area contributed by atoms with Crippen molar-refractivity contribution in [3.05, 3.63) is 65.2 Å². The van der Waals surface area contributed by atoms with Gasteiger partial charge in [0.15, 0.2) is 0 Å². The number of hydrogen-bond donors (Lipinski definition) is 0. The van der Waals surface area contributed by atoms with E-state index in [1.165, 1.54) is 10.5 Å². The Kier molecular flexibility index (Phi) is 5.66. The fourth-order valence-electron chi connectivity index (χ4n) is 1.73. The molecule has 0 aliphatic heterocycles. The van der Waals surface area contributed by atoms with Crippen LogP contribution >= 0.6 is 11.8 Å². The molecule has 0 bridgehead atoms. The molecule has 0 fully saturated rings. The summed E-state index contributed by atoms with van der Waals surface area (Å²) < 4.78 is 0. The number of aryl methyl sites for hydroxylation is 1. The SMILES string of the molecule is CC(=O)CCSc1ccc(C#Cc2ccc(C)cc2)cc1. The highest BCUT2D eigenvalue weighted by Crippen LogP contribution is 2.19. The second kappa shape index (κ2) is 7.71. The number of Topliss-reactive ketones (excluding diaryl/α,β-unsaturated/α-hetero) is 1. The van der Waals surface area contributed by atoms with Gasteiger partial charge in [0.2, 0.25) is 0 Å². The molecule has 0 amide bonds. The van der Waals surface area contributed by atoms with Crippen LogP contribution in [0, 0.1) is 18.8 Å². The first-order valence-corrected chi connectivity index (χ1v) is 7.93. The first kappa shape index (κ1) is 15.4. The lowest BCUT2D eigenvalue weighted by molar-refractivity contribution is -0.116. The summed E-state index contributed by atoms with van der Waals surface area (Å²) in [5.41, 5.74) is 3.28. The highest BCUT2D eigenvalue weighted by molar-refractivity contribution is 7.99. The van der Waals surface area contributed by atoms with Gasteiger partial charge in [0.05, 0.1) is 0 Å². The van der Waals surface area contributed by atoms with Crippen LogP contribution in [0.3, 0.4) is 0 Å². The lowest BCUT2D eigenvalue weighted by Gasteiger charge is -2.00. The Balaban J connectivity index is 1.96. The fraction of sp³-hybridized carbons (Fsp3) is 0.211. The van der Waals surface area contributed by atoms with Crippen molar-refractivity contribution < 1.29 is 4.79 Å². The normalized spacial score (nSPS) is 9.81. The van der Waals surface area contributed by atoms with E-state index in [9.17, 15) is 4.79 Å². The zero-order chi connectivity index (χ0) is 15.1. The van der Waals surface area contributed by atoms with E-state index in [4.69, 9.17) is 0 Å². The second-order valence-electron chi connectivity index (χ2n) is 4.94. The van der Waals surface area contributed by atoms with Crippen LogP contribution in [0.25, 0.3) is 0 Å². The minimum atomic E-state index is 0.239. The summed E-state index contributed by atoms with van der Waals surface area (Å²) >= 11 is 1.70. The van der Waals surface area contributed by atoms with E-state index in [-0.39, 0.29) is 5.78 Å². The van der Waals surface area contributed by atoms with Crippen molar-refractivity contribution in [2.45, 2.75) is 25.2 Å². The predicted molar refractivity (Wildman–Crippen MR) is 89.6 cm³/mol. The third kappa shape index (κ3) is 5.49. The predicted octanol–water partition coefficient (Wildman–Crippen LogP) is 4.47. The first-order chi connectivity index (χ1) is 10.1. The number of benzene rings is 2. The van der Waals surface area contributed by atoms with Crippen LogP contribution in [0.5, 0.6) is 0 Å². The number of carbonyl (C=O) groups excluding carboxylic acids is 1. The van der Waals surface area contributed by atoms with Crippen LogP contribution in [0.15, 0.2) is 53.4 Å². The molecular formula is C19H18OS. The van der Waals surface area contributed by atoms with Gasteiger partial charge in [-0.05, 0) is 50.2 Å². The third-order valence-corrected chi connectivity index (χ3v) is 3.99. The number of ketones is 1. The quantitative estimate of drug-likeness (QED) is 0.611. The van der Waals surface area contributed by atoms with Crippen molar-refractivity contribution in [1.82, 2.24) is 0 Å². The molecule has 1 nitrogen and oxygen atoms in total. The molecule has 0 N–H and O–H groups in total. The molecule has 106 valence electrons. The summed E-state index contributed by atoms with van der Waals surface area (Å²) in [5.74, 6) is 7.41. The van der Waals surface area contributed by atoms with Crippen LogP contribution in [-0.2, 0) is 4.79 Å². The van der Waals surface area contributed by atoms with Gasteiger partial charge in [0.1, 0.15) is 5.78 Å². The van der Waals surface area contributed by atoms with Crippen LogP contribution in [0.1, 0.15) is 30.0 Å². The first-order valence-electron chi connectivity index (χ1n) is 6.94. The highest BCUT2D eigenvalue weighted by atomic mass is 32.2. The Morgan fingerprint density at radius 3 is 2.00 bits per heavy atom. The summed E-state index contributed by atoms with van der Waals surface area (Å²) in [7, 11) is 0. The topological polar surface area (TPSA) is 17.1 Å². The van der Waals surface area contributed by atoms with Gasteiger partial charge in [-0.15, -0.1) is 11.8 Å². The number of hydrogen-bond acceptors (Lipinski definition) is 2. The van der Waals surface area contributed by atoms with Gasteiger partial charge >= 0.3 is 0 Å². The Morgan fingerprint density at radius 1 is 0.952 bits per heavy atom. The lowest BCUT2D eigenvalue weighted by atomic mass is 10.1. The standard InChI is InChI=1S/C19H18OS/c1-15-3-5-17(6-4-15)7-8-18-9-11-19(12-10-18)21-14-13-16(2)20/h3-6,9-12H,13-14H2,1-2H3. The Labute approximate surface area is 130 Å². The van der Waals surface area contributed by atoms with E-state index in [0.717, 1.165) is 16.9 Å². The molecule has 0 radical (unpaired) electrons. The molecule has 2 aromatic rings. The fourth-order valence-corrected chi connectivity index (χ4v) is 2.68. The van der Waals surface area contributed by atoms with Gasteiger partial charge in [-0.1, -0.05) is 29.5 Å². The van der Waals surface area contributed by atoms with E-state index in [1.54, 1.807) is 18.7 Å². The maximum absolute atomic E-state index is 10.9. The number of thioether (sulfide) groups is 1. The number of rotatable bonds is 4.